The number of para-hydroxylation sites is 1. The zero-order valence-electron chi connectivity index (χ0n) is 16.6. The number of hydrogen-bond donors (Lipinski definition) is 1. The minimum Gasteiger partial charge on any atom is -0.350 e. The first kappa shape index (κ1) is 19.6. The SMILES string of the molecule is Cc1ccccc1NC1=C(c2ccccc2)C(=O)N(CCc2ccc(F)cc2)C1=O. The normalized spacial score (nSPS) is 13.9. The van der Waals surface area contributed by atoms with Gasteiger partial charge in [0.15, 0.2) is 0 Å². The molecule has 150 valence electrons. The number of hydrogen-bond acceptors (Lipinski definition) is 3. The van der Waals surface area contributed by atoms with E-state index in [4.69, 9.17) is 0 Å². The van der Waals surface area contributed by atoms with Gasteiger partial charge in [-0.2, -0.15) is 0 Å². The lowest BCUT2D eigenvalue weighted by Gasteiger charge is -2.15. The molecule has 0 saturated heterocycles. The van der Waals surface area contributed by atoms with Gasteiger partial charge in [0.05, 0.1) is 5.57 Å². The Hall–Kier alpha value is -3.73. The van der Waals surface area contributed by atoms with Crippen LogP contribution in [0.2, 0.25) is 0 Å². The van der Waals surface area contributed by atoms with Crippen molar-refractivity contribution in [2.75, 3.05) is 11.9 Å². The zero-order chi connectivity index (χ0) is 21.1. The highest BCUT2D eigenvalue weighted by Crippen LogP contribution is 2.31. The Kier molecular flexibility index (Phi) is 5.44. The zero-order valence-corrected chi connectivity index (χ0v) is 16.6. The summed E-state index contributed by atoms with van der Waals surface area (Å²) in [5, 5.41) is 3.19. The van der Waals surface area contributed by atoms with Crippen LogP contribution in [-0.2, 0) is 16.0 Å². The molecule has 0 aromatic heterocycles. The van der Waals surface area contributed by atoms with Crippen molar-refractivity contribution in [1.82, 2.24) is 4.90 Å². The number of halogens is 1. The van der Waals surface area contributed by atoms with Gasteiger partial charge in [0.25, 0.3) is 11.8 Å². The van der Waals surface area contributed by atoms with Crippen LogP contribution >= 0.6 is 0 Å². The van der Waals surface area contributed by atoms with E-state index in [0.29, 0.717) is 17.6 Å². The number of rotatable bonds is 6. The summed E-state index contributed by atoms with van der Waals surface area (Å²) in [6.07, 6.45) is 0.456. The second-order valence-corrected chi connectivity index (χ2v) is 7.19. The van der Waals surface area contributed by atoms with E-state index in [2.05, 4.69) is 5.32 Å². The number of imide groups is 1. The fraction of sp³-hybridized carbons (Fsp3) is 0.120. The number of carbonyl (C=O) groups excluding carboxylic acids is 2. The summed E-state index contributed by atoms with van der Waals surface area (Å²) in [5.41, 5.74) is 3.95. The van der Waals surface area contributed by atoms with E-state index in [1.807, 2.05) is 61.5 Å². The Morgan fingerprint density at radius 2 is 1.50 bits per heavy atom. The maximum atomic E-state index is 13.2. The Bertz CT molecular complexity index is 1120. The molecule has 0 spiro atoms. The van der Waals surface area contributed by atoms with Crippen molar-refractivity contribution in [2.45, 2.75) is 13.3 Å². The fourth-order valence-corrected chi connectivity index (χ4v) is 3.51. The van der Waals surface area contributed by atoms with E-state index in [1.165, 1.54) is 17.0 Å². The third-order valence-electron chi connectivity index (χ3n) is 5.17. The van der Waals surface area contributed by atoms with E-state index in [9.17, 15) is 14.0 Å². The van der Waals surface area contributed by atoms with Gasteiger partial charge >= 0.3 is 0 Å². The Balaban J connectivity index is 1.65. The summed E-state index contributed by atoms with van der Waals surface area (Å²) >= 11 is 0. The van der Waals surface area contributed by atoms with E-state index in [1.54, 1.807) is 12.1 Å². The van der Waals surface area contributed by atoms with Crippen LogP contribution in [0.15, 0.2) is 84.6 Å². The summed E-state index contributed by atoms with van der Waals surface area (Å²) in [7, 11) is 0. The van der Waals surface area contributed by atoms with Crippen molar-refractivity contribution in [3.63, 3.8) is 0 Å². The van der Waals surface area contributed by atoms with Crippen LogP contribution in [0.5, 0.6) is 0 Å². The maximum absolute atomic E-state index is 13.2. The van der Waals surface area contributed by atoms with Crippen LogP contribution in [-0.4, -0.2) is 23.3 Å². The molecule has 0 fully saturated rings. The molecule has 3 aromatic carbocycles. The summed E-state index contributed by atoms with van der Waals surface area (Å²) in [6, 6.07) is 22.9. The van der Waals surface area contributed by atoms with Gasteiger partial charge in [0.2, 0.25) is 0 Å². The predicted octanol–water partition coefficient (Wildman–Crippen LogP) is 4.57. The molecule has 0 atom stereocenters. The van der Waals surface area contributed by atoms with E-state index in [0.717, 1.165) is 16.8 Å². The van der Waals surface area contributed by atoms with Crippen LogP contribution in [0.3, 0.4) is 0 Å². The van der Waals surface area contributed by atoms with Gasteiger partial charge in [-0.05, 0) is 48.2 Å². The predicted molar refractivity (Wildman–Crippen MR) is 115 cm³/mol. The first-order valence-electron chi connectivity index (χ1n) is 9.77. The Morgan fingerprint density at radius 1 is 0.833 bits per heavy atom. The highest BCUT2D eigenvalue weighted by Gasteiger charge is 2.38. The standard InChI is InChI=1S/C25H21FN2O2/c1-17-7-5-6-10-21(17)27-23-22(19-8-3-2-4-9-19)24(29)28(25(23)30)16-15-18-11-13-20(26)14-12-18/h2-14,27H,15-16H2,1H3. The van der Waals surface area contributed by atoms with Crippen LogP contribution in [0, 0.1) is 12.7 Å². The molecule has 0 aliphatic carbocycles. The minimum absolute atomic E-state index is 0.221. The van der Waals surface area contributed by atoms with Gasteiger partial charge in [-0.25, -0.2) is 4.39 Å². The van der Waals surface area contributed by atoms with Gasteiger partial charge in [0, 0.05) is 12.2 Å². The number of carbonyl (C=O) groups is 2. The Morgan fingerprint density at radius 3 is 2.20 bits per heavy atom. The summed E-state index contributed by atoms with van der Waals surface area (Å²) in [6.45, 7) is 2.16. The highest BCUT2D eigenvalue weighted by molar-refractivity contribution is 6.36. The van der Waals surface area contributed by atoms with Crippen molar-refractivity contribution >= 4 is 23.1 Å². The number of aryl methyl sites for hydroxylation is 1. The molecule has 0 bridgehead atoms. The molecule has 4 nitrogen and oxygen atoms in total. The van der Waals surface area contributed by atoms with E-state index >= 15 is 0 Å². The first-order valence-corrected chi connectivity index (χ1v) is 9.77. The smallest absolute Gasteiger partial charge is 0.278 e. The van der Waals surface area contributed by atoms with E-state index in [-0.39, 0.29) is 29.9 Å². The molecule has 2 amide bonds. The molecule has 0 unspecified atom stereocenters. The molecular formula is C25H21FN2O2. The van der Waals surface area contributed by atoms with Gasteiger partial charge in [-0.15, -0.1) is 0 Å². The number of anilines is 1. The molecule has 0 radical (unpaired) electrons. The lowest BCUT2D eigenvalue weighted by molar-refractivity contribution is -0.136. The molecule has 1 aliphatic rings. The third-order valence-corrected chi connectivity index (χ3v) is 5.17. The number of amides is 2. The molecular weight excluding hydrogens is 379 g/mol. The van der Waals surface area contributed by atoms with Crippen molar-refractivity contribution in [3.05, 3.63) is 107 Å². The van der Waals surface area contributed by atoms with Gasteiger partial charge in [0.1, 0.15) is 11.5 Å². The van der Waals surface area contributed by atoms with Crippen molar-refractivity contribution in [3.8, 4) is 0 Å². The van der Waals surface area contributed by atoms with Crippen molar-refractivity contribution in [2.24, 2.45) is 0 Å². The van der Waals surface area contributed by atoms with Crippen LogP contribution in [0.25, 0.3) is 5.57 Å². The van der Waals surface area contributed by atoms with Crippen molar-refractivity contribution in [1.29, 1.82) is 0 Å². The molecule has 3 aromatic rings. The molecule has 1 aliphatic heterocycles. The van der Waals surface area contributed by atoms with E-state index < -0.39 is 0 Å². The van der Waals surface area contributed by atoms with Gasteiger partial charge in [-0.3, -0.25) is 14.5 Å². The number of nitrogens with zero attached hydrogens (tertiary/aromatic N) is 1. The average Bonchev–Trinajstić information content (AvgIpc) is 2.99. The maximum Gasteiger partial charge on any atom is 0.278 e. The van der Waals surface area contributed by atoms with Gasteiger partial charge < -0.3 is 5.32 Å². The highest BCUT2D eigenvalue weighted by atomic mass is 19.1. The lowest BCUT2D eigenvalue weighted by Crippen LogP contribution is -2.34. The fourth-order valence-electron chi connectivity index (χ4n) is 3.51. The topological polar surface area (TPSA) is 49.4 Å². The summed E-state index contributed by atoms with van der Waals surface area (Å²) in [5.74, 6) is -1.00. The molecule has 5 heteroatoms. The largest absolute Gasteiger partial charge is 0.350 e. The first-order chi connectivity index (χ1) is 14.5. The summed E-state index contributed by atoms with van der Waals surface area (Å²) in [4.78, 5) is 27.7. The molecule has 1 N–H and O–H groups in total. The quantitative estimate of drug-likeness (QED) is 0.617. The second kappa shape index (κ2) is 8.33. The van der Waals surface area contributed by atoms with Gasteiger partial charge in [-0.1, -0.05) is 60.7 Å². The van der Waals surface area contributed by atoms with Crippen molar-refractivity contribution < 1.29 is 14.0 Å². The minimum atomic E-state index is -0.357. The van der Waals surface area contributed by atoms with Crippen LogP contribution in [0.1, 0.15) is 16.7 Å². The second-order valence-electron chi connectivity index (χ2n) is 7.19. The monoisotopic (exact) mass is 400 g/mol. The molecule has 0 saturated carbocycles. The molecule has 4 rings (SSSR count). The van der Waals surface area contributed by atoms with Crippen LogP contribution < -0.4 is 5.32 Å². The lowest BCUT2D eigenvalue weighted by atomic mass is 10.0. The molecule has 1 heterocycles. The average molecular weight is 400 g/mol. The third kappa shape index (κ3) is 3.87. The number of nitrogens with one attached hydrogen (secondary N) is 1. The Labute approximate surface area is 174 Å². The summed E-state index contributed by atoms with van der Waals surface area (Å²) < 4.78 is 13.1. The van der Waals surface area contributed by atoms with Crippen LogP contribution in [0.4, 0.5) is 10.1 Å². The molecule has 30 heavy (non-hydrogen) atoms. The number of benzene rings is 3.